The van der Waals surface area contributed by atoms with E-state index in [0.29, 0.717) is 0 Å². The lowest BCUT2D eigenvalue weighted by atomic mass is 10.1. The van der Waals surface area contributed by atoms with Gasteiger partial charge in [0.1, 0.15) is 0 Å². The molecule has 1 heteroatoms. The number of rotatable bonds is 2. The van der Waals surface area contributed by atoms with Crippen LogP contribution >= 0.6 is 11.3 Å². The molecule has 0 bridgehead atoms. The van der Waals surface area contributed by atoms with E-state index in [-0.39, 0.29) is 0 Å². The van der Waals surface area contributed by atoms with Gasteiger partial charge < -0.3 is 0 Å². The standard InChI is InChI=1S/C13H14S/c1-3-11-8-9-13(14-11)12-7-5-4-6-10(12)2/h4-9H,3H2,1-2H3. The highest BCUT2D eigenvalue weighted by molar-refractivity contribution is 7.15. The molecule has 2 aromatic rings. The zero-order valence-electron chi connectivity index (χ0n) is 8.58. The van der Waals surface area contributed by atoms with Gasteiger partial charge in [0.25, 0.3) is 0 Å². The van der Waals surface area contributed by atoms with Gasteiger partial charge in [-0.1, -0.05) is 31.2 Å². The van der Waals surface area contributed by atoms with Crippen LogP contribution in [0.15, 0.2) is 36.4 Å². The monoisotopic (exact) mass is 202 g/mol. The van der Waals surface area contributed by atoms with E-state index in [0.717, 1.165) is 6.42 Å². The lowest BCUT2D eigenvalue weighted by molar-refractivity contribution is 1.19. The molecule has 0 saturated heterocycles. The van der Waals surface area contributed by atoms with Gasteiger partial charge in [-0.15, -0.1) is 11.3 Å². The highest BCUT2D eigenvalue weighted by atomic mass is 32.1. The molecule has 0 saturated carbocycles. The van der Waals surface area contributed by atoms with Crippen molar-refractivity contribution in [2.24, 2.45) is 0 Å². The zero-order chi connectivity index (χ0) is 9.97. The van der Waals surface area contributed by atoms with E-state index in [4.69, 9.17) is 0 Å². The molecule has 0 unspecified atom stereocenters. The second-order valence-corrected chi connectivity index (χ2v) is 4.60. The van der Waals surface area contributed by atoms with Gasteiger partial charge in [-0.3, -0.25) is 0 Å². The van der Waals surface area contributed by atoms with Crippen LogP contribution in [0.5, 0.6) is 0 Å². The molecular formula is C13H14S. The molecule has 0 nitrogen and oxygen atoms in total. The summed E-state index contributed by atoms with van der Waals surface area (Å²) in [6.45, 7) is 4.37. The summed E-state index contributed by atoms with van der Waals surface area (Å²) in [6.07, 6.45) is 1.14. The van der Waals surface area contributed by atoms with Crippen molar-refractivity contribution in [1.29, 1.82) is 0 Å². The van der Waals surface area contributed by atoms with Crippen molar-refractivity contribution in [1.82, 2.24) is 0 Å². The molecule has 0 spiro atoms. The van der Waals surface area contributed by atoms with Crippen LogP contribution in [0.4, 0.5) is 0 Å². The van der Waals surface area contributed by atoms with Gasteiger partial charge in [0.15, 0.2) is 0 Å². The normalized spacial score (nSPS) is 10.4. The largest absolute Gasteiger partial charge is 0.140 e. The van der Waals surface area contributed by atoms with Crippen LogP contribution in [0.1, 0.15) is 17.4 Å². The summed E-state index contributed by atoms with van der Waals surface area (Å²) in [7, 11) is 0. The molecule has 0 atom stereocenters. The Kier molecular flexibility index (Phi) is 2.69. The second-order valence-electron chi connectivity index (χ2n) is 3.43. The van der Waals surface area contributed by atoms with E-state index in [1.807, 2.05) is 11.3 Å². The Morgan fingerprint density at radius 3 is 2.50 bits per heavy atom. The van der Waals surface area contributed by atoms with Crippen molar-refractivity contribution in [3.8, 4) is 10.4 Å². The lowest BCUT2D eigenvalue weighted by Gasteiger charge is -2.01. The van der Waals surface area contributed by atoms with E-state index in [2.05, 4.69) is 50.2 Å². The third-order valence-electron chi connectivity index (χ3n) is 2.42. The predicted molar refractivity (Wildman–Crippen MR) is 63.9 cm³/mol. The first-order chi connectivity index (χ1) is 6.81. The molecule has 0 radical (unpaired) electrons. The fourth-order valence-corrected chi connectivity index (χ4v) is 2.60. The van der Waals surface area contributed by atoms with Crippen LogP contribution in [-0.2, 0) is 6.42 Å². The maximum absolute atomic E-state index is 2.23. The lowest BCUT2D eigenvalue weighted by Crippen LogP contribution is -1.77. The van der Waals surface area contributed by atoms with Gasteiger partial charge in [-0.25, -0.2) is 0 Å². The smallest absolute Gasteiger partial charge is 0.0348 e. The molecule has 14 heavy (non-hydrogen) atoms. The Labute approximate surface area is 89.2 Å². The Hall–Kier alpha value is -1.08. The highest BCUT2D eigenvalue weighted by Gasteiger charge is 2.03. The fourth-order valence-electron chi connectivity index (χ4n) is 1.56. The fraction of sp³-hybridized carbons (Fsp3) is 0.231. The summed E-state index contributed by atoms with van der Waals surface area (Å²) >= 11 is 1.90. The van der Waals surface area contributed by atoms with Crippen LogP contribution in [0.2, 0.25) is 0 Å². The molecule has 0 aliphatic carbocycles. The van der Waals surface area contributed by atoms with Gasteiger partial charge in [0, 0.05) is 9.75 Å². The Balaban J connectivity index is 2.44. The third-order valence-corrected chi connectivity index (χ3v) is 3.68. The summed E-state index contributed by atoms with van der Waals surface area (Å²) in [6, 6.07) is 13.0. The van der Waals surface area contributed by atoms with E-state index in [1.165, 1.54) is 20.9 Å². The van der Waals surface area contributed by atoms with Crippen molar-refractivity contribution in [2.45, 2.75) is 20.3 Å². The van der Waals surface area contributed by atoms with E-state index in [1.54, 1.807) is 0 Å². The Morgan fingerprint density at radius 1 is 1.07 bits per heavy atom. The molecule has 0 aliphatic heterocycles. The molecule has 0 N–H and O–H groups in total. The van der Waals surface area contributed by atoms with Crippen molar-refractivity contribution >= 4 is 11.3 Å². The average molecular weight is 202 g/mol. The minimum absolute atomic E-state index is 1.14. The summed E-state index contributed by atoms with van der Waals surface area (Å²) in [5, 5.41) is 0. The minimum Gasteiger partial charge on any atom is -0.140 e. The molecule has 1 heterocycles. The topological polar surface area (TPSA) is 0 Å². The molecular weight excluding hydrogens is 188 g/mol. The third kappa shape index (κ3) is 1.73. The Bertz CT molecular complexity index is 426. The first kappa shape index (κ1) is 9.47. The van der Waals surface area contributed by atoms with Gasteiger partial charge in [-0.05, 0) is 36.6 Å². The maximum Gasteiger partial charge on any atom is 0.0348 e. The average Bonchev–Trinajstić information content (AvgIpc) is 2.67. The summed E-state index contributed by atoms with van der Waals surface area (Å²) < 4.78 is 0. The number of benzene rings is 1. The van der Waals surface area contributed by atoms with Crippen LogP contribution in [-0.4, -0.2) is 0 Å². The second kappa shape index (κ2) is 3.97. The molecule has 0 fully saturated rings. The molecule has 2 rings (SSSR count). The van der Waals surface area contributed by atoms with E-state index < -0.39 is 0 Å². The number of hydrogen-bond acceptors (Lipinski definition) is 1. The maximum atomic E-state index is 2.23. The van der Waals surface area contributed by atoms with Gasteiger partial charge in [0.2, 0.25) is 0 Å². The minimum atomic E-state index is 1.14. The van der Waals surface area contributed by atoms with Crippen molar-refractivity contribution < 1.29 is 0 Å². The summed E-state index contributed by atoms with van der Waals surface area (Å²) in [5.41, 5.74) is 2.73. The van der Waals surface area contributed by atoms with Crippen LogP contribution in [0, 0.1) is 6.92 Å². The summed E-state index contributed by atoms with van der Waals surface area (Å²) in [4.78, 5) is 2.85. The van der Waals surface area contributed by atoms with Crippen molar-refractivity contribution in [2.75, 3.05) is 0 Å². The molecule has 72 valence electrons. The predicted octanol–water partition coefficient (Wildman–Crippen LogP) is 4.29. The van der Waals surface area contributed by atoms with Crippen LogP contribution in [0.3, 0.4) is 0 Å². The first-order valence-electron chi connectivity index (χ1n) is 4.96. The number of aryl methyl sites for hydroxylation is 2. The quantitative estimate of drug-likeness (QED) is 0.681. The number of thiophene rings is 1. The van der Waals surface area contributed by atoms with Crippen molar-refractivity contribution in [3.63, 3.8) is 0 Å². The van der Waals surface area contributed by atoms with Gasteiger partial charge in [0.05, 0.1) is 0 Å². The number of hydrogen-bond donors (Lipinski definition) is 0. The van der Waals surface area contributed by atoms with Gasteiger partial charge in [-0.2, -0.15) is 0 Å². The first-order valence-corrected chi connectivity index (χ1v) is 5.77. The SMILES string of the molecule is CCc1ccc(-c2ccccc2C)s1. The van der Waals surface area contributed by atoms with E-state index >= 15 is 0 Å². The molecule has 0 aliphatic rings. The van der Waals surface area contributed by atoms with E-state index in [9.17, 15) is 0 Å². The Morgan fingerprint density at radius 2 is 1.86 bits per heavy atom. The molecule has 1 aromatic carbocycles. The highest BCUT2D eigenvalue weighted by Crippen LogP contribution is 2.30. The zero-order valence-corrected chi connectivity index (χ0v) is 9.40. The summed E-state index contributed by atoms with van der Waals surface area (Å²) in [5.74, 6) is 0. The molecule has 1 aromatic heterocycles. The van der Waals surface area contributed by atoms with Crippen molar-refractivity contribution in [3.05, 3.63) is 46.8 Å². The molecule has 0 amide bonds. The van der Waals surface area contributed by atoms with Crippen LogP contribution in [0.25, 0.3) is 10.4 Å². The van der Waals surface area contributed by atoms with Crippen LogP contribution < -0.4 is 0 Å². The van der Waals surface area contributed by atoms with Gasteiger partial charge >= 0.3 is 0 Å².